The molecule has 0 bridgehead atoms. The van der Waals surface area contributed by atoms with Crippen LogP contribution in [0.25, 0.3) is 0 Å². The van der Waals surface area contributed by atoms with E-state index in [4.69, 9.17) is 0 Å². The summed E-state index contributed by atoms with van der Waals surface area (Å²) in [5.74, 6) is 0.158. The van der Waals surface area contributed by atoms with Gasteiger partial charge in [-0.2, -0.15) is 5.10 Å². The molecule has 0 fully saturated rings. The van der Waals surface area contributed by atoms with Crippen molar-refractivity contribution in [3.63, 3.8) is 0 Å². The van der Waals surface area contributed by atoms with Crippen molar-refractivity contribution in [3.8, 4) is 0 Å². The van der Waals surface area contributed by atoms with E-state index in [0.29, 0.717) is 0 Å². The minimum Gasteiger partial charge on any atom is -0.337 e. The van der Waals surface area contributed by atoms with Gasteiger partial charge in [0.15, 0.2) is 0 Å². The Labute approximate surface area is 116 Å². The summed E-state index contributed by atoms with van der Waals surface area (Å²) in [6.07, 6.45) is 3.68. The van der Waals surface area contributed by atoms with Crippen molar-refractivity contribution in [2.75, 3.05) is 6.54 Å². The first-order valence-electron chi connectivity index (χ1n) is 6.96. The van der Waals surface area contributed by atoms with E-state index in [1.165, 1.54) is 0 Å². The smallest absolute Gasteiger partial charge is 0.239 e. The third-order valence-corrected chi connectivity index (χ3v) is 3.09. The van der Waals surface area contributed by atoms with Crippen LogP contribution < -0.4 is 5.32 Å². The van der Waals surface area contributed by atoms with Crippen LogP contribution in [0.3, 0.4) is 0 Å². The summed E-state index contributed by atoms with van der Waals surface area (Å²) < 4.78 is 1.85. The van der Waals surface area contributed by atoms with Gasteiger partial charge in [0, 0.05) is 31.0 Å². The van der Waals surface area contributed by atoms with E-state index in [1.807, 2.05) is 56.5 Å². The zero-order chi connectivity index (χ0) is 14.4. The summed E-state index contributed by atoms with van der Waals surface area (Å²) in [5.41, 5.74) is 0. The first-order valence-corrected chi connectivity index (χ1v) is 6.96. The summed E-state index contributed by atoms with van der Waals surface area (Å²) in [5, 5.41) is 7.39. The van der Waals surface area contributed by atoms with Crippen molar-refractivity contribution in [3.05, 3.63) is 18.5 Å². The summed E-state index contributed by atoms with van der Waals surface area (Å²) in [4.78, 5) is 14.3. The lowest BCUT2D eigenvalue weighted by Gasteiger charge is -2.33. The number of amides is 1. The van der Waals surface area contributed by atoms with Crippen LogP contribution in [0.4, 0.5) is 0 Å². The number of hydrogen-bond acceptors (Lipinski definition) is 3. The summed E-state index contributed by atoms with van der Waals surface area (Å²) in [6, 6.07) is 2.18. The largest absolute Gasteiger partial charge is 0.337 e. The molecule has 0 saturated carbocycles. The lowest BCUT2D eigenvalue weighted by atomic mass is 10.2. The van der Waals surface area contributed by atoms with Crippen LogP contribution in [0.15, 0.2) is 18.5 Å². The number of aromatic nitrogens is 2. The van der Waals surface area contributed by atoms with Crippen molar-refractivity contribution in [2.24, 2.45) is 0 Å². The Hall–Kier alpha value is -1.36. The molecule has 0 aromatic carbocycles. The maximum Gasteiger partial charge on any atom is 0.239 e. The Kier molecular flexibility index (Phi) is 6.02. The summed E-state index contributed by atoms with van der Waals surface area (Å²) in [7, 11) is 0. The van der Waals surface area contributed by atoms with Gasteiger partial charge >= 0.3 is 0 Å². The molecule has 1 heterocycles. The zero-order valence-corrected chi connectivity index (χ0v) is 12.6. The molecule has 0 aliphatic rings. The first-order chi connectivity index (χ1) is 8.93. The van der Waals surface area contributed by atoms with Crippen molar-refractivity contribution in [1.82, 2.24) is 20.0 Å². The molecule has 1 atom stereocenters. The van der Waals surface area contributed by atoms with E-state index in [9.17, 15) is 4.79 Å². The highest BCUT2D eigenvalue weighted by Gasteiger charge is 2.24. The normalized spacial score (nSPS) is 13.0. The number of nitrogens with zero attached hydrogens (tertiary/aromatic N) is 3. The van der Waals surface area contributed by atoms with Crippen molar-refractivity contribution < 1.29 is 4.79 Å². The number of carbonyl (C=O) groups is 1. The molecule has 5 heteroatoms. The van der Waals surface area contributed by atoms with E-state index in [2.05, 4.69) is 10.4 Å². The SMILES string of the molecule is CC(C)N(C(=O)[C@@H](C)NCCn1cccn1)C(C)C. The second-order valence-corrected chi connectivity index (χ2v) is 5.38. The summed E-state index contributed by atoms with van der Waals surface area (Å²) in [6.45, 7) is 11.6. The third-order valence-electron chi connectivity index (χ3n) is 3.09. The molecule has 1 aromatic heterocycles. The molecule has 0 unspecified atom stereocenters. The van der Waals surface area contributed by atoms with Crippen molar-refractivity contribution in [2.45, 2.75) is 59.3 Å². The van der Waals surface area contributed by atoms with E-state index in [0.717, 1.165) is 13.1 Å². The lowest BCUT2D eigenvalue weighted by Crippen LogP contribution is -2.51. The molecule has 5 nitrogen and oxygen atoms in total. The van der Waals surface area contributed by atoms with E-state index < -0.39 is 0 Å². The number of carbonyl (C=O) groups excluding carboxylic acids is 1. The van der Waals surface area contributed by atoms with Crippen molar-refractivity contribution in [1.29, 1.82) is 0 Å². The van der Waals surface area contributed by atoms with Crippen molar-refractivity contribution >= 4 is 5.91 Å². The maximum absolute atomic E-state index is 12.4. The predicted octanol–water partition coefficient (Wildman–Crippen LogP) is 1.51. The Bertz CT molecular complexity index is 365. The standard InChI is InChI=1S/C14H26N4O/c1-11(2)18(12(3)4)14(19)13(5)15-8-10-17-9-6-7-16-17/h6-7,9,11-13,15H,8,10H2,1-5H3/t13-/m1/s1. The number of hydrogen-bond donors (Lipinski definition) is 1. The minimum absolute atomic E-state index is 0.158. The second-order valence-electron chi connectivity index (χ2n) is 5.38. The second kappa shape index (κ2) is 7.28. The Morgan fingerprint density at radius 3 is 2.37 bits per heavy atom. The first kappa shape index (κ1) is 15.7. The maximum atomic E-state index is 12.4. The Balaban J connectivity index is 2.43. The molecule has 0 radical (unpaired) electrons. The molecule has 0 aliphatic carbocycles. The Morgan fingerprint density at radius 1 is 1.26 bits per heavy atom. The minimum atomic E-state index is -0.166. The van der Waals surface area contributed by atoms with Gasteiger partial charge in [-0.3, -0.25) is 9.48 Å². The van der Waals surface area contributed by atoms with E-state index in [-0.39, 0.29) is 24.0 Å². The average Bonchev–Trinajstić information content (AvgIpc) is 2.80. The summed E-state index contributed by atoms with van der Waals surface area (Å²) >= 11 is 0. The molecule has 1 rings (SSSR count). The van der Waals surface area contributed by atoms with Gasteiger partial charge in [0.25, 0.3) is 0 Å². The molecule has 19 heavy (non-hydrogen) atoms. The predicted molar refractivity (Wildman–Crippen MR) is 76.8 cm³/mol. The van der Waals surface area contributed by atoms with Crippen LogP contribution >= 0.6 is 0 Å². The molecule has 0 saturated heterocycles. The van der Waals surface area contributed by atoms with E-state index in [1.54, 1.807) is 6.20 Å². The van der Waals surface area contributed by atoms with Gasteiger partial charge in [-0.1, -0.05) is 0 Å². The molecular formula is C14H26N4O. The van der Waals surface area contributed by atoms with Gasteiger partial charge < -0.3 is 10.2 Å². The lowest BCUT2D eigenvalue weighted by molar-refractivity contribution is -0.136. The van der Waals surface area contributed by atoms with Crippen LogP contribution in [0.5, 0.6) is 0 Å². The fraction of sp³-hybridized carbons (Fsp3) is 0.714. The fourth-order valence-electron chi connectivity index (χ4n) is 2.24. The van der Waals surface area contributed by atoms with Crippen LogP contribution in [0, 0.1) is 0 Å². The van der Waals surface area contributed by atoms with Gasteiger partial charge in [0.2, 0.25) is 5.91 Å². The highest BCUT2D eigenvalue weighted by atomic mass is 16.2. The zero-order valence-electron chi connectivity index (χ0n) is 12.6. The topological polar surface area (TPSA) is 50.2 Å². The number of nitrogens with one attached hydrogen (secondary N) is 1. The van der Waals surface area contributed by atoms with Crippen LogP contribution in [0.2, 0.25) is 0 Å². The van der Waals surface area contributed by atoms with Crippen LogP contribution in [0.1, 0.15) is 34.6 Å². The monoisotopic (exact) mass is 266 g/mol. The molecule has 1 aromatic rings. The number of rotatable bonds is 7. The van der Waals surface area contributed by atoms with Gasteiger partial charge in [-0.05, 0) is 40.7 Å². The fourth-order valence-corrected chi connectivity index (χ4v) is 2.24. The van der Waals surface area contributed by atoms with Gasteiger partial charge in [-0.15, -0.1) is 0 Å². The van der Waals surface area contributed by atoms with Gasteiger partial charge in [0.05, 0.1) is 12.6 Å². The van der Waals surface area contributed by atoms with Crippen LogP contribution in [-0.2, 0) is 11.3 Å². The van der Waals surface area contributed by atoms with E-state index >= 15 is 0 Å². The average molecular weight is 266 g/mol. The molecule has 1 amide bonds. The molecule has 1 N–H and O–H groups in total. The highest BCUT2D eigenvalue weighted by Crippen LogP contribution is 2.07. The molecule has 0 aliphatic heterocycles. The van der Waals surface area contributed by atoms with Gasteiger partial charge in [-0.25, -0.2) is 0 Å². The van der Waals surface area contributed by atoms with Gasteiger partial charge in [0.1, 0.15) is 0 Å². The molecule has 0 spiro atoms. The quantitative estimate of drug-likeness (QED) is 0.814. The van der Waals surface area contributed by atoms with Crippen LogP contribution in [-0.4, -0.2) is 45.3 Å². The molecular weight excluding hydrogens is 240 g/mol. The third kappa shape index (κ3) is 4.67. The highest BCUT2D eigenvalue weighted by molar-refractivity contribution is 5.82. The molecule has 108 valence electrons. The Morgan fingerprint density at radius 2 is 1.89 bits per heavy atom.